The summed E-state index contributed by atoms with van der Waals surface area (Å²) in [6.45, 7) is 14.5. The summed E-state index contributed by atoms with van der Waals surface area (Å²) in [6.07, 6.45) is 4.53. The van der Waals surface area contributed by atoms with E-state index in [9.17, 15) is 14.0 Å². The number of hydrogen-bond donors (Lipinski definition) is 0. The number of nitrogens with zero attached hydrogens (tertiary/aromatic N) is 5. The van der Waals surface area contributed by atoms with Crippen LogP contribution in [-0.2, 0) is 4.79 Å². The van der Waals surface area contributed by atoms with E-state index < -0.39 is 5.82 Å². The minimum absolute atomic E-state index is 0.00983. The van der Waals surface area contributed by atoms with Crippen LogP contribution in [-0.4, -0.2) is 68.3 Å². The van der Waals surface area contributed by atoms with Crippen LogP contribution in [0.2, 0.25) is 0 Å². The molecule has 0 bridgehead atoms. The molecule has 8 heteroatoms. The number of carbonyl (C=O) groups is 2. The molecule has 3 aromatic rings. The van der Waals surface area contributed by atoms with E-state index in [0.717, 1.165) is 42.7 Å². The largest absolute Gasteiger partial charge is 0.336 e. The Morgan fingerprint density at radius 1 is 1.16 bits per heavy atom. The number of carbonyl (C=O) groups excluding carboxylic acids is 2. The number of rotatable bonds is 10. The zero-order valence-corrected chi connectivity index (χ0v) is 22.7. The van der Waals surface area contributed by atoms with Crippen molar-refractivity contribution in [3.05, 3.63) is 53.2 Å². The molecular formula is C29H38FN5O2. The predicted molar refractivity (Wildman–Crippen MR) is 143 cm³/mol. The summed E-state index contributed by atoms with van der Waals surface area (Å²) in [5.74, 6) is 0.893. The van der Waals surface area contributed by atoms with Gasteiger partial charge in [-0.1, -0.05) is 19.9 Å². The normalized spacial score (nSPS) is 15.4. The van der Waals surface area contributed by atoms with Crippen LogP contribution in [0, 0.1) is 18.7 Å². The highest BCUT2D eigenvalue weighted by Crippen LogP contribution is 2.36. The number of amides is 1. The van der Waals surface area contributed by atoms with Crippen molar-refractivity contribution in [2.24, 2.45) is 5.92 Å². The maximum Gasteiger partial charge on any atom is 0.254 e. The average molecular weight is 508 g/mol. The molecule has 0 spiro atoms. The first-order valence-corrected chi connectivity index (χ1v) is 13.3. The second-order valence-corrected chi connectivity index (χ2v) is 10.7. The van der Waals surface area contributed by atoms with Crippen LogP contribution in [0.5, 0.6) is 0 Å². The van der Waals surface area contributed by atoms with Crippen LogP contribution in [0.4, 0.5) is 4.39 Å². The van der Waals surface area contributed by atoms with Crippen LogP contribution in [0.15, 0.2) is 30.5 Å². The van der Waals surface area contributed by atoms with Crippen LogP contribution < -0.4 is 0 Å². The quantitative estimate of drug-likeness (QED) is 0.356. The third-order valence-corrected chi connectivity index (χ3v) is 7.62. The van der Waals surface area contributed by atoms with Gasteiger partial charge in [-0.15, -0.1) is 10.2 Å². The van der Waals surface area contributed by atoms with E-state index in [1.807, 2.05) is 32.1 Å². The Morgan fingerprint density at radius 2 is 1.89 bits per heavy atom. The lowest BCUT2D eigenvalue weighted by molar-refractivity contribution is -0.108. The third kappa shape index (κ3) is 5.30. The topological polar surface area (TPSA) is 70.8 Å². The lowest BCUT2D eigenvalue weighted by Crippen LogP contribution is -2.52. The minimum Gasteiger partial charge on any atom is -0.336 e. The number of benzene rings is 1. The Balaban J connectivity index is 1.75. The van der Waals surface area contributed by atoms with E-state index in [2.05, 4.69) is 41.2 Å². The molecule has 37 heavy (non-hydrogen) atoms. The van der Waals surface area contributed by atoms with Crippen LogP contribution in [0.3, 0.4) is 0 Å². The Hall–Kier alpha value is -3.13. The molecule has 1 aliphatic rings. The minimum atomic E-state index is -0.443. The van der Waals surface area contributed by atoms with Crippen molar-refractivity contribution in [1.29, 1.82) is 0 Å². The number of hydrogen-bond acceptors (Lipinski definition) is 5. The first-order valence-electron chi connectivity index (χ1n) is 13.3. The number of halogens is 1. The molecule has 3 heterocycles. The molecule has 4 rings (SSSR count). The molecule has 0 aliphatic carbocycles. The van der Waals surface area contributed by atoms with Crippen molar-refractivity contribution >= 4 is 17.8 Å². The molecule has 7 nitrogen and oxygen atoms in total. The number of aromatic nitrogens is 3. The summed E-state index contributed by atoms with van der Waals surface area (Å²) in [7, 11) is 0. The first-order chi connectivity index (χ1) is 17.7. The van der Waals surface area contributed by atoms with Gasteiger partial charge in [-0.2, -0.15) is 0 Å². The van der Waals surface area contributed by atoms with Crippen molar-refractivity contribution in [1.82, 2.24) is 24.4 Å². The molecule has 1 aromatic carbocycles. The molecule has 1 amide bonds. The average Bonchev–Trinajstić information content (AvgIpc) is 3.20. The van der Waals surface area contributed by atoms with Gasteiger partial charge in [0.05, 0.1) is 5.56 Å². The standard InChI is InChI=1S/C29H38FN5O2/c1-7-34(19(4)5)29(37)26-14-23(30)10-11-24(26)25-13-21(17-35-20(6)31-32-28(25)35)22-15-33(16-22)27(18(2)3)9-8-12-36/h10-14,17-19,22,27H,7-9,15-16H2,1-6H3/t27-/m0/s1. The molecule has 0 radical (unpaired) electrons. The Morgan fingerprint density at radius 3 is 2.51 bits per heavy atom. The summed E-state index contributed by atoms with van der Waals surface area (Å²) in [5, 5.41) is 8.71. The number of aryl methyl sites for hydroxylation is 1. The van der Waals surface area contributed by atoms with Gasteiger partial charge in [0, 0.05) is 55.8 Å². The van der Waals surface area contributed by atoms with Gasteiger partial charge in [-0.25, -0.2) is 4.39 Å². The molecule has 198 valence electrons. The fourth-order valence-corrected chi connectivity index (χ4v) is 5.54. The molecule has 2 aromatic heterocycles. The van der Waals surface area contributed by atoms with Crippen molar-refractivity contribution in [2.45, 2.75) is 72.4 Å². The summed E-state index contributed by atoms with van der Waals surface area (Å²) in [6, 6.07) is 6.87. The monoisotopic (exact) mass is 507 g/mol. The second kappa shape index (κ2) is 11.1. The van der Waals surface area contributed by atoms with Gasteiger partial charge in [-0.3, -0.25) is 14.1 Å². The Bertz CT molecular complexity index is 1280. The molecule has 0 saturated carbocycles. The van der Waals surface area contributed by atoms with Gasteiger partial charge in [0.25, 0.3) is 5.91 Å². The first kappa shape index (κ1) is 26.9. The van der Waals surface area contributed by atoms with Crippen molar-refractivity contribution in [2.75, 3.05) is 19.6 Å². The van der Waals surface area contributed by atoms with Crippen LogP contribution >= 0.6 is 0 Å². The van der Waals surface area contributed by atoms with Gasteiger partial charge in [0.15, 0.2) is 5.65 Å². The van der Waals surface area contributed by atoms with Crippen LogP contribution in [0.1, 0.15) is 75.1 Å². The molecule has 0 unspecified atom stereocenters. The number of pyridine rings is 1. The SMILES string of the molecule is CCN(C(=O)c1cc(F)ccc1-c1cc(C2CN([C@@H](CCC=O)C(C)C)C2)cn2c(C)nnc12)C(C)C. The Labute approximate surface area is 218 Å². The van der Waals surface area contributed by atoms with Crippen LogP contribution in [0.25, 0.3) is 16.8 Å². The van der Waals surface area contributed by atoms with E-state index in [1.165, 1.54) is 12.1 Å². The summed E-state index contributed by atoms with van der Waals surface area (Å²) >= 11 is 0. The van der Waals surface area contributed by atoms with E-state index in [-0.39, 0.29) is 11.9 Å². The fraction of sp³-hybridized carbons (Fsp3) is 0.517. The van der Waals surface area contributed by atoms with E-state index in [1.54, 1.807) is 11.0 Å². The van der Waals surface area contributed by atoms with E-state index in [4.69, 9.17) is 0 Å². The maximum absolute atomic E-state index is 14.4. The summed E-state index contributed by atoms with van der Waals surface area (Å²) in [4.78, 5) is 28.7. The van der Waals surface area contributed by atoms with Gasteiger partial charge in [0.1, 0.15) is 17.9 Å². The highest BCUT2D eigenvalue weighted by atomic mass is 19.1. The number of likely N-dealkylation sites (tertiary alicyclic amines) is 1. The van der Waals surface area contributed by atoms with Crippen molar-refractivity contribution in [3.8, 4) is 11.1 Å². The molecule has 1 saturated heterocycles. The van der Waals surface area contributed by atoms with Gasteiger partial charge in [0.2, 0.25) is 0 Å². The van der Waals surface area contributed by atoms with Crippen molar-refractivity contribution < 1.29 is 14.0 Å². The smallest absolute Gasteiger partial charge is 0.254 e. The lowest BCUT2D eigenvalue weighted by Gasteiger charge is -2.46. The second-order valence-electron chi connectivity index (χ2n) is 10.7. The van der Waals surface area contributed by atoms with E-state index >= 15 is 0 Å². The van der Waals surface area contributed by atoms with E-state index in [0.29, 0.717) is 47.6 Å². The highest BCUT2D eigenvalue weighted by molar-refractivity contribution is 6.02. The summed E-state index contributed by atoms with van der Waals surface area (Å²) < 4.78 is 16.4. The van der Waals surface area contributed by atoms with Gasteiger partial charge < -0.3 is 9.69 Å². The zero-order chi connectivity index (χ0) is 26.9. The molecule has 1 atom stereocenters. The molecule has 0 N–H and O–H groups in total. The van der Waals surface area contributed by atoms with Crippen molar-refractivity contribution in [3.63, 3.8) is 0 Å². The number of fused-ring (bicyclic) bond motifs is 1. The molecule has 1 fully saturated rings. The third-order valence-electron chi connectivity index (χ3n) is 7.62. The van der Waals surface area contributed by atoms with Gasteiger partial charge in [-0.05, 0) is 69.4 Å². The molecular weight excluding hydrogens is 469 g/mol. The summed E-state index contributed by atoms with van der Waals surface area (Å²) in [5.41, 5.74) is 3.56. The van der Waals surface area contributed by atoms with Gasteiger partial charge >= 0.3 is 0 Å². The Kier molecular flexibility index (Phi) is 8.07. The lowest BCUT2D eigenvalue weighted by atomic mass is 9.85. The highest BCUT2D eigenvalue weighted by Gasteiger charge is 2.35. The fourth-order valence-electron chi connectivity index (χ4n) is 5.54. The number of aldehydes is 1. The zero-order valence-electron chi connectivity index (χ0n) is 22.7. The molecule has 1 aliphatic heterocycles. The predicted octanol–water partition coefficient (Wildman–Crippen LogP) is 5.12. The maximum atomic E-state index is 14.4.